The molecule has 0 heterocycles. The number of halogens is 2. The van der Waals surface area contributed by atoms with Crippen molar-refractivity contribution in [2.24, 2.45) is 23.7 Å². The maximum absolute atomic E-state index is 8.89. The van der Waals surface area contributed by atoms with Crippen LogP contribution < -0.4 is 47.3 Å². The van der Waals surface area contributed by atoms with E-state index < -0.39 is 11.9 Å². The molecule has 0 atom stereocenters. The normalized spacial score (nSPS) is 27.2. The van der Waals surface area contributed by atoms with Crippen LogP contribution in [0.15, 0.2) is 0 Å². The van der Waals surface area contributed by atoms with Crippen LogP contribution in [0.1, 0.15) is 52.4 Å². The molecular formula is C14H28Cl2N2O4Pt. The van der Waals surface area contributed by atoms with Crippen LogP contribution in [-0.4, -0.2) is 11.9 Å². The predicted octanol–water partition coefficient (Wildman–Crippen LogP) is -5.33. The Morgan fingerprint density at radius 1 is 0.652 bits per heavy atom. The molecule has 4 aliphatic carbocycles. The fourth-order valence-corrected chi connectivity index (χ4v) is 3.98. The summed E-state index contributed by atoms with van der Waals surface area (Å²) in [6.07, 6.45) is 9.62. The molecule has 0 aromatic heterocycles. The molecule has 0 spiro atoms. The Labute approximate surface area is 165 Å². The molecule has 0 aliphatic heterocycles. The first-order valence-electron chi connectivity index (χ1n) is 6.72. The van der Waals surface area contributed by atoms with Gasteiger partial charge in [-0.15, -0.1) is 0 Å². The summed E-state index contributed by atoms with van der Waals surface area (Å²) in [5.41, 5.74) is 0. The van der Waals surface area contributed by atoms with E-state index in [1.54, 1.807) is 38.5 Å². The van der Waals surface area contributed by atoms with Gasteiger partial charge < -0.3 is 56.9 Å². The van der Waals surface area contributed by atoms with E-state index in [9.17, 15) is 0 Å². The maximum atomic E-state index is 8.89. The molecule has 0 amide bonds. The van der Waals surface area contributed by atoms with E-state index in [0.717, 1.165) is 13.8 Å². The van der Waals surface area contributed by atoms with Gasteiger partial charge in [0.2, 0.25) is 0 Å². The zero-order chi connectivity index (χ0) is 13.7. The van der Waals surface area contributed by atoms with Gasteiger partial charge >= 0.3 is 21.1 Å². The molecule has 4 fully saturated rings. The second-order valence-corrected chi connectivity index (χ2v) is 5.86. The van der Waals surface area contributed by atoms with Crippen LogP contribution >= 0.6 is 0 Å². The predicted molar refractivity (Wildman–Crippen MR) is 73.1 cm³/mol. The van der Waals surface area contributed by atoms with Crippen molar-refractivity contribution in [3.05, 3.63) is 0 Å². The second kappa shape index (κ2) is 17.0. The Hall–Kier alpha value is 0.128. The zero-order valence-corrected chi connectivity index (χ0v) is 17.5. The summed E-state index contributed by atoms with van der Waals surface area (Å²) < 4.78 is 0. The molecule has 4 aliphatic rings. The summed E-state index contributed by atoms with van der Waals surface area (Å²) >= 11 is 0. The first-order valence-corrected chi connectivity index (χ1v) is 6.72. The van der Waals surface area contributed by atoms with Crippen LogP contribution in [0, 0.1) is 23.7 Å². The van der Waals surface area contributed by atoms with Crippen LogP contribution in [0.5, 0.6) is 0 Å². The van der Waals surface area contributed by atoms with E-state index in [2.05, 4.69) is 0 Å². The van der Waals surface area contributed by atoms with Gasteiger partial charge in [-0.05, 0) is 76.0 Å². The summed E-state index contributed by atoms with van der Waals surface area (Å²) in [6.45, 7) is 1.94. The first kappa shape index (κ1) is 34.5. The molecule has 0 unspecified atom stereocenters. The molecule has 0 radical (unpaired) electrons. The minimum atomic E-state index is -1.08. The van der Waals surface area contributed by atoms with Crippen molar-refractivity contribution in [2.75, 3.05) is 0 Å². The molecule has 4 rings (SSSR count). The van der Waals surface area contributed by atoms with E-state index in [1.165, 1.54) is 23.7 Å². The molecule has 9 heteroatoms. The molecule has 0 aromatic rings. The first-order chi connectivity index (χ1) is 8.36. The topological polar surface area (TPSA) is 150 Å². The fourth-order valence-electron chi connectivity index (χ4n) is 3.98. The molecule has 0 saturated heterocycles. The quantitative estimate of drug-likeness (QED) is 0.306. The molecular weight excluding hydrogens is 526 g/mol. The van der Waals surface area contributed by atoms with Gasteiger partial charge in [0.1, 0.15) is 0 Å². The average Bonchev–Trinajstić information content (AvgIpc) is 2.12. The minimum Gasteiger partial charge on any atom is -1.00 e. The zero-order valence-electron chi connectivity index (χ0n) is 13.7. The summed E-state index contributed by atoms with van der Waals surface area (Å²) in [5, 5.41) is 17.8. The minimum absolute atomic E-state index is 0. The van der Waals surface area contributed by atoms with E-state index in [1.807, 2.05) is 0 Å². The smallest absolute Gasteiger partial charge is 1.00 e. The van der Waals surface area contributed by atoms with Crippen LogP contribution in [0.25, 0.3) is 0 Å². The largest absolute Gasteiger partial charge is 4.00 e. The van der Waals surface area contributed by atoms with Gasteiger partial charge in [-0.1, -0.05) is 0 Å². The summed E-state index contributed by atoms with van der Waals surface area (Å²) in [5.74, 6) is 2.54. The van der Waals surface area contributed by atoms with Crippen molar-refractivity contribution >= 4 is 11.9 Å². The van der Waals surface area contributed by atoms with E-state index in [-0.39, 0.29) is 58.2 Å². The van der Waals surface area contributed by atoms with Gasteiger partial charge in [0, 0.05) is 11.9 Å². The maximum Gasteiger partial charge on any atom is 4.00 e. The second-order valence-electron chi connectivity index (χ2n) is 5.86. The van der Waals surface area contributed by atoms with Gasteiger partial charge in [-0.2, -0.15) is 0 Å². The van der Waals surface area contributed by atoms with Crippen molar-refractivity contribution < 1.29 is 65.7 Å². The average molecular weight is 554 g/mol. The molecule has 142 valence electrons. The van der Waals surface area contributed by atoms with Gasteiger partial charge in [-0.3, -0.25) is 0 Å². The number of carboxylic acids is 2. The van der Waals surface area contributed by atoms with Gasteiger partial charge in [0.25, 0.3) is 0 Å². The van der Waals surface area contributed by atoms with Gasteiger partial charge in [0.15, 0.2) is 0 Å². The Bertz CT molecular complexity index is 247. The number of hydrogen-bond donors (Lipinski definition) is 2. The number of carbonyl (C=O) groups excluding carboxylic acids is 2. The van der Waals surface area contributed by atoms with Crippen LogP contribution in [0.2, 0.25) is 0 Å². The van der Waals surface area contributed by atoms with Crippen molar-refractivity contribution in [3.63, 3.8) is 0 Å². The van der Waals surface area contributed by atoms with Gasteiger partial charge in [-0.25, -0.2) is 0 Å². The third-order valence-electron chi connectivity index (χ3n) is 4.00. The van der Waals surface area contributed by atoms with E-state index >= 15 is 0 Å². The Balaban J connectivity index is -0.0000000743. The third kappa shape index (κ3) is 15.4. The number of carboxylic acid groups (broad SMARTS) is 2. The number of aliphatic carboxylic acids is 2. The Morgan fingerprint density at radius 2 is 0.739 bits per heavy atom. The van der Waals surface area contributed by atoms with Gasteiger partial charge in [0.05, 0.1) is 0 Å². The van der Waals surface area contributed by atoms with E-state index in [0.29, 0.717) is 0 Å². The fraction of sp³-hybridized carbons (Fsp3) is 0.857. The molecule has 6 N–H and O–H groups in total. The Morgan fingerprint density at radius 3 is 0.826 bits per heavy atom. The molecule has 4 bridgehead atoms. The van der Waals surface area contributed by atoms with E-state index in [4.69, 9.17) is 19.8 Å². The monoisotopic (exact) mass is 553 g/mol. The Kier molecular flexibility index (Phi) is 25.4. The van der Waals surface area contributed by atoms with Crippen LogP contribution in [0.3, 0.4) is 0 Å². The van der Waals surface area contributed by atoms with Crippen molar-refractivity contribution in [1.82, 2.24) is 12.3 Å². The number of hydrogen-bond acceptors (Lipinski definition) is 6. The third-order valence-corrected chi connectivity index (χ3v) is 4.00. The summed E-state index contributed by atoms with van der Waals surface area (Å²) in [4.78, 5) is 17.8. The number of carbonyl (C=O) groups is 2. The molecule has 0 aromatic carbocycles. The SMILES string of the molecule is C1C2CC3CC1CC(C2)C3.CC(=O)[O-].CC(=O)[O-].N.N.[Cl-].[Cl-].[Pt+4]. The summed E-state index contributed by atoms with van der Waals surface area (Å²) in [6, 6.07) is 0. The van der Waals surface area contributed by atoms with Crippen molar-refractivity contribution in [1.29, 1.82) is 0 Å². The molecule has 6 nitrogen and oxygen atoms in total. The standard InChI is InChI=1S/C10H16.2C2H4O2.2ClH.2H3N.Pt/c1-7-2-9-4-8(1)5-10(3-7)6-9;2*1-2(3)4;;;;;/h7-10H,1-6H2;2*1H3,(H,3,4);2*1H;2*1H3;/q;;;;;;;+4/p-4. The van der Waals surface area contributed by atoms with Crippen LogP contribution in [-0.2, 0) is 30.7 Å². The number of rotatable bonds is 0. The molecule has 23 heavy (non-hydrogen) atoms. The summed E-state index contributed by atoms with van der Waals surface area (Å²) in [7, 11) is 0. The molecule has 4 saturated carbocycles. The van der Waals surface area contributed by atoms with Crippen molar-refractivity contribution in [3.8, 4) is 0 Å². The van der Waals surface area contributed by atoms with Crippen molar-refractivity contribution in [2.45, 2.75) is 52.4 Å². The van der Waals surface area contributed by atoms with Crippen LogP contribution in [0.4, 0.5) is 0 Å².